The molecule has 4 N–H and O–H groups in total. The third kappa shape index (κ3) is 4.49. The van der Waals surface area contributed by atoms with Gasteiger partial charge in [-0.3, -0.25) is 13.9 Å². The van der Waals surface area contributed by atoms with E-state index in [2.05, 4.69) is 5.32 Å². The van der Waals surface area contributed by atoms with Crippen LogP contribution in [0.1, 0.15) is 26.2 Å². The van der Waals surface area contributed by atoms with Crippen molar-refractivity contribution in [2.45, 2.75) is 36.0 Å². The highest BCUT2D eigenvalue weighted by molar-refractivity contribution is 7.86. The summed E-state index contributed by atoms with van der Waals surface area (Å²) in [4.78, 5) is 10.7. The van der Waals surface area contributed by atoms with Gasteiger partial charge < -0.3 is 10.4 Å². The summed E-state index contributed by atoms with van der Waals surface area (Å²) in [6.45, 7) is 1.88. The van der Waals surface area contributed by atoms with E-state index in [4.69, 9.17) is 4.55 Å². The van der Waals surface area contributed by atoms with Gasteiger partial charge >= 0.3 is 0 Å². The summed E-state index contributed by atoms with van der Waals surface area (Å²) < 4.78 is 63.9. The minimum atomic E-state index is -4.68. The minimum absolute atomic E-state index is 0.0327. The Morgan fingerprint density at radius 1 is 1.00 bits per heavy atom. The minimum Gasteiger partial charge on any atom is -0.507 e. The molecule has 2 aromatic rings. The molecule has 0 aliphatic heterocycles. The number of hydrogen-bond acceptors (Lipinski definition) is 6. The Bertz CT molecular complexity index is 1070. The highest BCUT2D eigenvalue weighted by Crippen LogP contribution is 2.36. The van der Waals surface area contributed by atoms with Crippen LogP contribution in [0.15, 0.2) is 34.1 Å². The molecule has 0 aromatic heterocycles. The number of benzene rings is 2. The molecule has 0 saturated heterocycles. The Morgan fingerprint density at radius 3 is 2.04 bits per heavy atom. The molecule has 0 heterocycles. The van der Waals surface area contributed by atoms with E-state index in [0.717, 1.165) is 30.7 Å². The molecule has 0 aliphatic rings. The van der Waals surface area contributed by atoms with E-state index < -0.39 is 41.7 Å². The second kappa shape index (κ2) is 7.19. The Labute approximate surface area is 150 Å². The first-order valence-electron chi connectivity index (χ1n) is 7.49. The van der Waals surface area contributed by atoms with Gasteiger partial charge in [0.25, 0.3) is 20.2 Å². The van der Waals surface area contributed by atoms with Gasteiger partial charge in [-0.25, -0.2) is 0 Å². The number of fused-ring (bicyclic) bond motifs is 1. The summed E-state index contributed by atoms with van der Waals surface area (Å²) in [5, 5.41) is 12.4. The number of hydrogen-bond donors (Lipinski definition) is 4. The second-order valence-corrected chi connectivity index (χ2v) is 8.46. The van der Waals surface area contributed by atoms with Crippen LogP contribution in [0.2, 0.25) is 0 Å². The van der Waals surface area contributed by atoms with Crippen molar-refractivity contribution in [3.8, 4) is 5.75 Å². The average molecular weight is 403 g/mol. The summed E-state index contributed by atoms with van der Waals surface area (Å²) in [6.07, 6.45) is 1.49. The van der Waals surface area contributed by atoms with Crippen LogP contribution >= 0.6 is 0 Å². The van der Waals surface area contributed by atoms with Gasteiger partial charge in [-0.1, -0.05) is 13.3 Å². The number of unbranched alkanes of at least 4 members (excludes halogenated alkanes) is 1. The van der Waals surface area contributed by atoms with E-state index in [1.807, 2.05) is 6.92 Å². The van der Waals surface area contributed by atoms with Gasteiger partial charge in [0.2, 0.25) is 5.91 Å². The van der Waals surface area contributed by atoms with Gasteiger partial charge in [0.1, 0.15) is 5.75 Å². The third-order valence-electron chi connectivity index (χ3n) is 3.60. The maximum atomic E-state index is 12.0. The van der Waals surface area contributed by atoms with Crippen molar-refractivity contribution in [3.63, 3.8) is 0 Å². The Balaban J connectivity index is 2.74. The van der Waals surface area contributed by atoms with Crippen LogP contribution in [0.25, 0.3) is 10.8 Å². The quantitative estimate of drug-likeness (QED) is 0.534. The zero-order valence-corrected chi connectivity index (χ0v) is 15.3. The third-order valence-corrected chi connectivity index (χ3v) is 5.27. The number of anilines is 1. The van der Waals surface area contributed by atoms with Crippen LogP contribution in [-0.2, 0) is 25.0 Å². The zero-order valence-electron chi connectivity index (χ0n) is 13.6. The maximum absolute atomic E-state index is 12.0. The summed E-state index contributed by atoms with van der Waals surface area (Å²) in [6, 6.07) is 3.56. The molecule has 0 atom stereocenters. The van der Waals surface area contributed by atoms with E-state index >= 15 is 0 Å². The van der Waals surface area contributed by atoms with Gasteiger partial charge in [-0.05, 0) is 30.0 Å². The number of amides is 1. The predicted octanol–water partition coefficient (Wildman–Crippen LogP) is 2.17. The van der Waals surface area contributed by atoms with Crippen LogP contribution in [-0.4, -0.2) is 37.0 Å². The lowest BCUT2D eigenvalue weighted by Gasteiger charge is -2.13. The number of rotatable bonds is 6. The first-order valence-corrected chi connectivity index (χ1v) is 10.4. The number of phenolic OH excluding ortho intramolecular Hbond substituents is 1. The van der Waals surface area contributed by atoms with E-state index in [9.17, 15) is 31.3 Å². The SMILES string of the molecule is CCCCC(=O)Nc1cc(S(=O)(=O)O)cc2cc(S(=O)(=O)O)cc(O)c12. The summed E-state index contributed by atoms with van der Waals surface area (Å²) in [5.41, 5.74) is -0.115. The highest BCUT2D eigenvalue weighted by atomic mass is 32.2. The largest absolute Gasteiger partial charge is 0.507 e. The van der Waals surface area contributed by atoms with Crippen molar-refractivity contribution in [3.05, 3.63) is 24.3 Å². The topological polar surface area (TPSA) is 158 Å². The highest BCUT2D eigenvalue weighted by Gasteiger charge is 2.20. The van der Waals surface area contributed by atoms with Crippen LogP contribution in [0.5, 0.6) is 5.75 Å². The molecular weight excluding hydrogens is 386 g/mol. The molecule has 0 aliphatic carbocycles. The van der Waals surface area contributed by atoms with Crippen LogP contribution in [0, 0.1) is 0 Å². The van der Waals surface area contributed by atoms with Crippen LogP contribution in [0.3, 0.4) is 0 Å². The van der Waals surface area contributed by atoms with Gasteiger partial charge in [0.15, 0.2) is 0 Å². The monoisotopic (exact) mass is 403 g/mol. The Kier molecular flexibility index (Phi) is 5.56. The molecule has 26 heavy (non-hydrogen) atoms. The molecule has 142 valence electrons. The molecule has 1 amide bonds. The standard InChI is InChI=1S/C15H17NO8S2/c1-2-3-4-14(18)16-12-7-10(25(19,20)21)5-9-6-11(26(22,23)24)8-13(17)15(9)12/h5-8,17H,2-4H2,1H3,(H,16,18)(H,19,20,21)(H,22,23,24). The van der Waals surface area contributed by atoms with Gasteiger partial charge in [0.05, 0.1) is 15.5 Å². The molecule has 9 nitrogen and oxygen atoms in total. The maximum Gasteiger partial charge on any atom is 0.294 e. The molecule has 0 unspecified atom stereocenters. The van der Waals surface area contributed by atoms with Gasteiger partial charge in [-0.2, -0.15) is 16.8 Å². The number of aromatic hydroxyl groups is 1. The normalized spacial score (nSPS) is 12.3. The molecule has 0 saturated carbocycles. The van der Waals surface area contributed by atoms with Crippen molar-refractivity contribution in [1.29, 1.82) is 0 Å². The number of nitrogens with one attached hydrogen (secondary N) is 1. The molecule has 0 spiro atoms. The average Bonchev–Trinajstić information content (AvgIpc) is 2.50. The van der Waals surface area contributed by atoms with Gasteiger partial charge in [-0.15, -0.1) is 0 Å². The zero-order chi connectivity index (χ0) is 19.7. The van der Waals surface area contributed by atoms with Crippen molar-refractivity contribution in [2.75, 3.05) is 5.32 Å². The van der Waals surface area contributed by atoms with Crippen molar-refractivity contribution in [1.82, 2.24) is 0 Å². The second-order valence-electron chi connectivity index (χ2n) is 5.61. The molecule has 0 fully saturated rings. The van der Waals surface area contributed by atoms with E-state index in [0.29, 0.717) is 6.42 Å². The molecule has 0 bridgehead atoms. The number of phenols is 1. The lowest BCUT2D eigenvalue weighted by Crippen LogP contribution is -2.12. The number of carbonyl (C=O) groups excluding carboxylic acids is 1. The lowest BCUT2D eigenvalue weighted by molar-refractivity contribution is -0.116. The van der Waals surface area contributed by atoms with E-state index in [1.165, 1.54) is 0 Å². The molecule has 2 aromatic carbocycles. The fourth-order valence-corrected chi connectivity index (χ4v) is 3.46. The van der Waals surface area contributed by atoms with Crippen molar-refractivity contribution >= 4 is 42.6 Å². The van der Waals surface area contributed by atoms with Crippen LogP contribution < -0.4 is 5.32 Å². The molecule has 2 rings (SSSR count). The Morgan fingerprint density at radius 2 is 1.54 bits per heavy atom. The predicted molar refractivity (Wildman–Crippen MR) is 93.4 cm³/mol. The first kappa shape index (κ1) is 20.1. The summed E-state index contributed by atoms with van der Waals surface area (Å²) in [5.74, 6) is -1.04. The molecule has 11 heteroatoms. The smallest absolute Gasteiger partial charge is 0.294 e. The lowest BCUT2D eigenvalue weighted by atomic mass is 10.1. The fraction of sp³-hybridized carbons (Fsp3) is 0.267. The van der Waals surface area contributed by atoms with Crippen molar-refractivity contribution in [2.24, 2.45) is 0 Å². The molecular formula is C15H17NO8S2. The Hall–Kier alpha value is -2.21. The van der Waals surface area contributed by atoms with Gasteiger partial charge in [0, 0.05) is 17.9 Å². The first-order chi connectivity index (χ1) is 11.9. The number of carbonyl (C=O) groups is 1. The van der Waals surface area contributed by atoms with Crippen molar-refractivity contribution < 1.29 is 35.8 Å². The van der Waals surface area contributed by atoms with E-state index in [1.54, 1.807) is 0 Å². The fourth-order valence-electron chi connectivity index (χ4n) is 2.39. The van der Waals surface area contributed by atoms with E-state index in [-0.39, 0.29) is 22.9 Å². The van der Waals surface area contributed by atoms with Crippen LogP contribution in [0.4, 0.5) is 5.69 Å². The summed E-state index contributed by atoms with van der Waals surface area (Å²) in [7, 11) is -9.35. The molecule has 0 radical (unpaired) electrons. The summed E-state index contributed by atoms with van der Waals surface area (Å²) >= 11 is 0.